The van der Waals surface area contributed by atoms with Crippen LogP contribution in [0.4, 0.5) is 16.2 Å². The van der Waals surface area contributed by atoms with E-state index in [0.29, 0.717) is 36.5 Å². The zero-order valence-electron chi connectivity index (χ0n) is 15.2. The zero-order valence-corrected chi connectivity index (χ0v) is 15.2. The molecule has 0 spiro atoms. The lowest BCUT2D eigenvalue weighted by atomic mass is 10.2. The number of likely N-dealkylation sites (tertiary alicyclic amines) is 1. The third-order valence-corrected chi connectivity index (χ3v) is 4.34. The molecule has 0 aromatic heterocycles. The van der Waals surface area contributed by atoms with Gasteiger partial charge in [0.25, 0.3) is 0 Å². The largest absolute Gasteiger partial charge is 0.495 e. The molecule has 1 aromatic carbocycles. The van der Waals surface area contributed by atoms with Gasteiger partial charge in [-0.1, -0.05) is 13.3 Å². The highest BCUT2D eigenvalue weighted by atomic mass is 16.5. The fourth-order valence-corrected chi connectivity index (χ4v) is 2.96. The Morgan fingerprint density at radius 1 is 1.31 bits per heavy atom. The van der Waals surface area contributed by atoms with Crippen LogP contribution in [0.5, 0.6) is 5.75 Å². The number of hydrogen-bond acceptors (Lipinski definition) is 4. The molecule has 0 saturated carbocycles. The highest BCUT2D eigenvalue weighted by Gasteiger charge is 2.33. The average molecular weight is 362 g/mol. The first-order valence-electron chi connectivity index (χ1n) is 8.81. The lowest BCUT2D eigenvalue weighted by Crippen LogP contribution is -2.45. The van der Waals surface area contributed by atoms with Crippen LogP contribution in [0.15, 0.2) is 18.2 Å². The van der Waals surface area contributed by atoms with Gasteiger partial charge < -0.3 is 26.0 Å². The number of unbranched alkanes of at least 4 members (excludes halogenated alkanes) is 1. The number of methoxy groups -OCH3 is 1. The number of nitrogens with one attached hydrogen (secondary N) is 2. The van der Waals surface area contributed by atoms with Gasteiger partial charge in [0.05, 0.1) is 12.8 Å². The van der Waals surface area contributed by atoms with Gasteiger partial charge in [-0.15, -0.1) is 0 Å². The standard InChI is InChI=1S/C18H26N4O4/c1-3-4-7-16(23)21-13-11-12(8-9-15(13)26-2)20-17(24)14-6-5-10-22(14)18(19)25/h8-9,11,14H,3-7,10H2,1-2H3,(H2,19,25)(H,20,24)(H,21,23). The molecular formula is C18H26N4O4. The number of rotatable bonds is 7. The molecular weight excluding hydrogens is 336 g/mol. The summed E-state index contributed by atoms with van der Waals surface area (Å²) in [6.45, 7) is 2.50. The zero-order chi connectivity index (χ0) is 19.1. The van der Waals surface area contributed by atoms with Crippen molar-refractivity contribution in [2.24, 2.45) is 5.73 Å². The number of amides is 4. The van der Waals surface area contributed by atoms with E-state index in [4.69, 9.17) is 10.5 Å². The SMILES string of the molecule is CCCCC(=O)Nc1cc(NC(=O)C2CCCN2C(N)=O)ccc1OC. The Bertz CT molecular complexity index is 677. The molecule has 1 aromatic rings. The monoisotopic (exact) mass is 362 g/mol. The number of ether oxygens (including phenoxy) is 1. The molecule has 142 valence electrons. The van der Waals surface area contributed by atoms with Gasteiger partial charge in [-0.2, -0.15) is 0 Å². The van der Waals surface area contributed by atoms with Crippen molar-refractivity contribution in [1.82, 2.24) is 4.90 Å². The highest BCUT2D eigenvalue weighted by molar-refractivity contribution is 5.99. The summed E-state index contributed by atoms with van der Waals surface area (Å²) in [4.78, 5) is 37.3. The molecule has 8 heteroatoms. The van der Waals surface area contributed by atoms with Crippen molar-refractivity contribution in [3.8, 4) is 5.75 Å². The van der Waals surface area contributed by atoms with Crippen molar-refractivity contribution < 1.29 is 19.1 Å². The summed E-state index contributed by atoms with van der Waals surface area (Å²) in [6, 6.07) is 3.83. The maximum absolute atomic E-state index is 12.5. The van der Waals surface area contributed by atoms with Gasteiger partial charge in [-0.05, 0) is 37.5 Å². The second-order valence-corrected chi connectivity index (χ2v) is 6.25. The second kappa shape index (κ2) is 9.07. The molecule has 1 atom stereocenters. The predicted octanol–water partition coefficient (Wildman–Crippen LogP) is 2.31. The molecule has 1 saturated heterocycles. The Kier molecular flexibility index (Phi) is 6.82. The summed E-state index contributed by atoms with van der Waals surface area (Å²) in [5, 5.41) is 5.59. The van der Waals surface area contributed by atoms with Crippen LogP contribution in [-0.2, 0) is 9.59 Å². The predicted molar refractivity (Wildman–Crippen MR) is 99.1 cm³/mol. The molecule has 26 heavy (non-hydrogen) atoms. The quantitative estimate of drug-likeness (QED) is 0.690. The number of nitrogens with zero attached hydrogens (tertiary/aromatic N) is 1. The van der Waals surface area contributed by atoms with Gasteiger partial charge in [-0.3, -0.25) is 9.59 Å². The summed E-state index contributed by atoms with van der Waals surface area (Å²) in [5.41, 5.74) is 6.32. The lowest BCUT2D eigenvalue weighted by Gasteiger charge is -2.22. The minimum atomic E-state index is -0.596. The van der Waals surface area contributed by atoms with Crippen molar-refractivity contribution in [3.05, 3.63) is 18.2 Å². The first-order valence-corrected chi connectivity index (χ1v) is 8.81. The topological polar surface area (TPSA) is 114 Å². The fourth-order valence-electron chi connectivity index (χ4n) is 2.96. The molecule has 1 fully saturated rings. The third kappa shape index (κ3) is 4.87. The normalized spacial score (nSPS) is 16.2. The van der Waals surface area contributed by atoms with Gasteiger partial charge in [0.1, 0.15) is 11.8 Å². The smallest absolute Gasteiger partial charge is 0.315 e. The fraction of sp³-hybridized carbons (Fsp3) is 0.500. The van der Waals surface area contributed by atoms with Gasteiger partial charge in [0.2, 0.25) is 11.8 Å². The molecule has 8 nitrogen and oxygen atoms in total. The molecule has 4 N–H and O–H groups in total. The Labute approximate surface area is 153 Å². The minimum absolute atomic E-state index is 0.107. The Balaban J connectivity index is 2.09. The van der Waals surface area contributed by atoms with Crippen LogP contribution in [-0.4, -0.2) is 42.4 Å². The van der Waals surface area contributed by atoms with E-state index in [9.17, 15) is 14.4 Å². The summed E-state index contributed by atoms with van der Waals surface area (Å²) in [5.74, 6) is 0.103. The van der Waals surface area contributed by atoms with E-state index in [2.05, 4.69) is 10.6 Å². The van der Waals surface area contributed by atoms with Crippen LogP contribution in [0.3, 0.4) is 0 Å². The van der Waals surface area contributed by atoms with Crippen molar-refractivity contribution >= 4 is 29.2 Å². The molecule has 2 rings (SSSR count). The van der Waals surface area contributed by atoms with Crippen LogP contribution in [0.25, 0.3) is 0 Å². The molecule has 0 radical (unpaired) electrons. The van der Waals surface area contributed by atoms with E-state index in [1.54, 1.807) is 18.2 Å². The number of carbonyl (C=O) groups excluding carboxylic acids is 3. The van der Waals surface area contributed by atoms with Crippen molar-refractivity contribution in [1.29, 1.82) is 0 Å². The van der Waals surface area contributed by atoms with Crippen molar-refractivity contribution in [3.63, 3.8) is 0 Å². The van der Waals surface area contributed by atoms with Crippen LogP contribution in [0.1, 0.15) is 39.0 Å². The maximum Gasteiger partial charge on any atom is 0.315 e. The maximum atomic E-state index is 12.5. The number of primary amides is 1. The van der Waals surface area contributed by atoms with E-state index in [0.717, 1.165) is 19.3 Å². The van der Waals surface area contributed by atoms with E-state index in [1.165, 1.54) is 12.0 Å². The van der Waals surface area contributed by atoms with Gasteiger partial charge in [0.15, 0.2) is 0 Å². The van der Waals surface area contributed by atoms with E-state index < -0.39 is 12.1 Å². The lowest BCUT2D eigenvalue weighted by molar-refractivity contribution is -0.119. The summed E-state index contributed by atoms with van der Waals surface area (Å²) in [7, 11) is 1.51. The molecule has 0 aliphatic carbocycles. The number of anilines is 2. The summed E-state index contributed by atoms with van der Waals surface area (Å²) in [6.07, 6.45) is 3.47. The second-order valence-electron chi connectivity index (χ2n) is 6.25. The number of urea groups is 1. The number of nitrogens with two attached hydrogens (primary N) is 1. The molecule has 1 aliphatic rings. The third-order valence-electron chi connectivity index (χ3n) is 4.34. The molecule has 1 heterocycles. The first-order chi connectivity index (χ1) is 12.5. The molecule has 4 amide bonds. The molecule has 1 aliphatic heterocycles. The molecule has 1 unspecified atom stereocenters. The van der Waals surface area contributed by atoms with E-state index in [-0.39, 0.29) is 11.8 Å². The van der Waals surface area contributed by atoms with E-state index in [1.807, 2.05) is 6.92 Å². The minimum Gasteiger partial charge on any atom is -0.495 e. The number of hydrogen-bond donors (Lipinski definition) is 3. The Hall–Kier alpha value is -2.77. The van der Waals surface area contributed by atoms with Gasteiger partial charge in [0, 0.05) is 18.7 Å². The van der Waals surface area contributed by atoms with Gasteiger partial charge in [-0.25, -0.2) is 4.79 Å². The Morgan fingerprint density at radius 3 is 2.73 bits per heavy atom. The van der Waals surface area contributed by atoms with Crippen molar-refractivity contribution in [2.45, 2.75) is 45.1 Å². The first kappa shape index (κ1) is 19.6. The van der Waals surface area contributed by atoms with Gasteiger partial charge >= 0.3 is 6.03 Å². The van der Waals surface area contributed by atoms with Crippen LogP contribution >= 0.6 is 0 Å². The number of benzene rings is 1. The molecule has 0 bridgehead atoms. The summed E-state index contributed by atoms with van der Waals surface area (Å²) < 4.78 is 5.26. The summed E-state index contributed by atoms with van der Waals surface area (Å²) >= 11 is 0. The van der Waals surface area contributed by atoms with Crippen molar-refractivity contribution in [2.75, 3.05) is 24.3 Å². The highest BCUT2D eigenvalue weighted by Crippen LogP contribution is 2.29. The van der Waals surface area contributed by atoms with E-state index >= 15 is 0 Å². The van der Waals surface area contributed by atoms with Crippen LogP contribution in [0.2, 0.25) is 0 Å². The van der Waals surface area contributed by atoms with Crippen LogP contribution in [0, 0.1) is 0 Å². The number of carbonyl (C=O) groups is 3. The Morgan fingerprint density at radius 2 is 2.08 bits per heavy atom. The van der Waals surface area contributed by atoms with Crippen LogP contribution < -0.4 is 21.1 Å². The average Bonchev–Trinajstić information content (AvgIpc) is 3.10.